The molecule has 0 radical (unpaired) electrons. The number of rotatable bonds is 5. The molecule has 2 rings (SSSR count). The largest absolute Gasteiger partial charge is 0.354 e. The van der Waals surface area contributed by atoms with Crippen LogP contribution < -0.4 is 10.6 Å². The van der Waals surface area contributed by atoms with Gasteiger partial charge in [-0.25, -0.2) is 4.39 Å². The molecular weight excluding hydrogens is 279 g/mol. The Balaban J connectivity index is 1.92. The van der Waals surface area contributed by atoms with Gasteiger partial charge in [0, 0.05) is 31.7 Å². The molecule has 122 valence electrons. The van der Waals surface area contributed by atoms with Crippen LogP contribution in [0.25, 0.3) is 0 Å². The van der Waals surface area contributed by atoms with Crippen LogP contribution in [0, 0.1) is 5.82 Å². The molecule has 22 heavy (non-hydrogen) atoms. The zero-order valence-electron chi connectivity index (χ0n) is 13.8. The number of guanidine groups is 1. The van der Waals surface area contributed by atoms with Crippen molar-refractivity contribution < 1.29 is 4.39 Å². The third-order valence-electron chi connectivity index (χ3n) is 3.98. The van der Waals surface area contributed by atoms with E-state index >= 15 is 0 Å². The number of benzene rings is 1. The number of hydrogen-bond donors (Lipinski definition) is 2. The molecule has 5 heteroatoms. The number of nitrogens with zero attached hydrogens (tertiary/aromatic N) is 2. The van der Waals surface area contributed by atoms with Crippen molar-refractivity contribution in [2.45, 2.75) is 44.8 Å². The van der Waals surface area contributed by atoms with Gasteiger partial charge in [-0.1, -0.05) is 18.9 Å². The fraction of sp³-hybridized carbons (Fsp3) is 0.588. The Bertz CT molecular complexity index is 507. The number of aliphatic imine (C=N–C) groups is 1. The maximum absolute atomic E-state index is 13.8. The van der Waals surface area contributed by atoms with Crippen LogP contribution in [-0.4, -0.2) is 38.0 Å². The maximum atomic E-state index is 13.8. The lowest BCUT2D eigenvalue weighted by atomic mass is 10.1. The number of halogens is 1. The molecule has 0 heterocycles. The molecule has 0 spiro atoms. The molecule has 1 aromatic carbocycles. The summed E-state index contributed by atoms with van der Waals surface area (Å²) in [6, 6.07) is 5.82. The van der Waals surface area contributed by atoms with E-state index in [1.165, 1.54) is 25.7 Å². The Morgan fingerprint density at radius 2 is 2.05 bits per heavy atom. The first kappa shape index (κ1) is 16.7. The molecule has 2 N–H and O–H groups in total. The smallest absolute Gasteiger partial charge is 0.191 e. The van der Waals surface area contributed by atoms with E-state index in [0.717, 1.165) is 17.1 Å². The van der Waals surface area contributed by atoms with E-state index in [9.17, 15) is 4.39 Å². The second-order valence-corrected chi connectivity index (χ2v) is 6.22. The molecule has 0 aromatic heterocycles. The first-order valence-corrected chi connectivity index (χ1v) is 7.97. The third-order valence-corrected chi connectivity index (χ3v) is 3.98. The summed E-state index contributed by atoms with van der Waals surface area (Å²) in [4.78, 5) is 6.24. The molecule has 1 saturated carbocycles. The Hall–Kier alpha value is -1.62. The van der Waals surface area contributed by atoms with Gasteiger partial charge in [0.15, 0.2) is 5.96 Å². The van der Waals surface area contributed by atoms with Crippen molar-refractivity contribution in [1.29, 1.82) is 0 Å². The lowest BCUT2D eigenvalue weighted by Crippen LogP contribution is -2.41. The Morgan fingerprint density at radius 3 is 2.68 bits per heavy atom. The highest BCUT2D eigenvalue weighted by atomic mass is 19.1. The van der Waals surface area contributed by atoms with E-state index in [-0.39, 0.29) is 5.82 Å². The predicted octanol–water partition coefficient (Wildman–Crippen LogP) is 2.49. The molecule has 0 saturated heterocycles. The van der Waals surface area contributed by atoms with E-state index in [0.29, 0.717) is 19.1 Å². The lowest BCUT2D eigenvalue weighted by Gasteiger charge is -2.17. The predicted molar refractivity (Wildman–Crippen MR) is 89.4 cm³/mol. The van der Waals surface area contributed by atoms with Crippen LogP contribution in [0.4, 0.5) is 4.39 Å². The molecule has 4 nitrogen and oxygen atoms in total. The molecular formula is C17H27FN4. The normalized spacial score (nSPS) is 16.3. The summed E-state index contributed by atoms with van der Waals surface area (Å²) < 4.78 is 13.8. The van der Waals surface area contributed by atoms with Crippen LogP contribution >= 0.6 is 0 Å². The summed E-state index contributed by atoms with van der Waals surface area (Å²) in [6.45, 7) is 1.25. The van der Waals surface area contributed by atoms with Gasteiger partial charge in [-0.3, -0.25) is 4.99 Å². The van der Waals surface area contributed by atoms with E-state index in [1.807, 2.05) is 31.1 Å². The van der Waals surface area contributed by atoms with E-state index in [1.54, 1.807) is 13.1 Å². The highest BCUT2D eigenvalue weighted by molar-refractivity contribution is 5.79. The van der Waals surface area contributed by atoms with Crippen molar-refractivity contribution >= 4 is 5.96 Å². The van der Waals surface area contributed by atoms with Crippen molar-refractivity contribution in [2.75, 3.05) is 21.1 Å². The topological polar surface area (TPSA) is 39.7 Å². The van der Waals surface area contributed by atoms with Crippen LogP contribution in [0.1, 0.15) is 36.8 Å². The van der Waals surface area contributed by atoms with Crippen LogP contribution in [0.5, 0.6) is 0 Å². The Morgan fingerprint density at radius 1 is 1.32 bits per heavy atom. The van der Waals surface area contributed by atoms with E-state index in [4.69, 9.17) is 0 Å². The van der Waals surface area contributed by atoms with Gasteiger partial charge in [0.2, 0.25) is 0 Å². The van der Waals surface area contributed by atoms with Gasteiger partial charge in [0.25, 0.3) is 0 Å². The second-order valence-electron chi connectivity index (χ2n) is 6.22. The molecule has 0 amide bonds. The van der Waals surface area contributed by atoms with Gasteiger partial charge in [0.05, 0.1) is 0 Å². The maximum Gasteiger partial charge on any atom is 0.191 e. The summed E-state index contributed by atoms with van der Waals surface area (Å²) in [5, 5.41) is 6.77. The monoisotopic (exact) mass is 306 g/mol. The molecule has 0 bridgehead atoms. The summed E-state index contributed by atoms with van der Waals surface area (Å²) in [5.41, 5.74) is 1.79. The van der Waals surface area contributed by atoms with Crippen molar-refractivity contribution in [3.05, 3.63) is 35.1 Å². The zero-order valence-corrected chi connectivity index (χ0v) is 13.8. The highest BCUT2D eigenvalue weighted by Gasteiger charge is 2.15. The average molecular weight is 306 g/mol. The van der Waals surface area contributed by atoms with E-state index < -0.39 is 0 Å². The summed E-state index contributed by atoms with van der Waals surface area (Å²) in [7, 11) is 5.67. The minimum atomic E-state index is -0.147. The number of nitrogens with one attached hydrogen (secondary N) is 2. The van der Waals surface area contributed by atoms with Gasteiger partial charge < -0.3 is 15.5 Å². The van der Waals surface area contributed by atoms with Gasteiger partial charge >= 0.3 is 0 Å². The Kier molecular flexibility index (Phi) is 6.19. The van der Waals surface area contributed by atoms with Crippen molar-refractivity contribution in [3.63, 3.8) is 0 Å². The summed E-state index contributed by atoms with van der Waals surface area (Å²) in [5.74, 6) is 0.677. The van der Waals surface area contributed by atoms with Crippen molar-refractivity contribution in [2.24, 2.45) is 4.99 Å². The van der Waals surface area contributed by atoms with Gasteiger partial charge in [-0.15, -0.1) is 0 Å². The fourth-order valence-electron chi connectivity index (χ4n) is 2.84. The van der Waals surface area contributed by atoms with Crippen LogP contribution in [0.15, 0.2) is 23.2 Å². The summed E-state index contributed by atoms with van der Waals surface area (Å²) >= 11 is 0. The second kappa shape index (κ2) is 8.13. The third kappa shape index (κ3) is 4.98. The van der Waals surface area contributed by atoms with Crippen molar-refractivity contribution in [1.82, 2.24) is 15.5 Å². The van der Waals surface area contributed by atoms with Gasteiger partial charge in [0.1, 0.15) is 5.82 Å². The first-order valence-electron chi connectivity index (χ1n) is 7.97. The van der Waals surface area contributed by atoms with Gasteiger partial charge in [-0.05, 0) is 44.6 Å². The molecule has 0 unspecified atom stereocenters. The fourth-order valence-corrected chi connectivity index (χ4v) is 2.84. The standard InChI is InChI=1S/C17H27FN4/c1-19-17(21-15-6-4-5-7-15)20-11-13-8-9-16(18)14(10-13)12-22(2)3/h8-10,15H,4-7,11-12H2,1-3H3,(H2,19,20,21). The highest BCUT2D eigenvalue weighted by Crippen LogP contribution is 2.17. The SMILES string of the molecule is CN=C(NCc1ccc(F)c(CN(C)C)c1)NC1CCCC1. The molecule has 1 aliphatic carbocycles. The lowest BCUT2D eigenvalue weighted by molar-refractivity contribution is 0.392. The number of hydrogen-bond acceptors (Lipinski definition) is 2. The molecule has 1 aromatic rings. The average Bonchev–Trinajstić information content (AvgIpc) is 2.99. The van der Waals surface area contributed by atoms with Crippen LogP contribution in [-0.2, 0) is 13.1 Å². The molecule has 1 aliphatic rings. The van der Waals surface area contributed by atoms with Gasteiger partial charge in [-0.2, -0.15) is 0 Å². The van der Waals surface area contributed by atoms with Crippen molar-refractivity contribution in [3.8, 4) is 0 Å². The zero-order chi connectivity index (χ0) is 15.9. The molecule has 0 aliphatic heterocycles. The summed E-state index contributed by atoms with van der Waals surface area (Å²) in [6.07, 6.45) is 5.01. The first-order chi connectivity index (χ1) is 10.6. The minimum absolute atomic E-state index is 0.147. The Labute approximate surface area is 132 Å². The quantitative estimate of drug-likeness (QED) is 0.648. The van der Waals surface area contributed by atoms with Crippen LogP contribution in [0.2, 0.25) is 0 Å². The molecule has 1 fully saturated rings. The molecule has 0 atom stereocenters. The van der Waals surface area contributed by atoms with E-state index in [2.05, 4.69) is 15.6 Å². The minimum Gasteiger partial charge on any atom is -0.354 e. The van der Waals surface area contributed by atoms with Crippen LogP contribution in [0.3, 0.4) is 0 Å².